The molecular weight excluding hydrogens is 783 g/mol. The smallest absolute Gasteiger partial charge is 0.0571 e. The molecule has 46 heavy (non-hydrogen) atoms. The van der Waals surface area contributed by atoms with E-state index in [2.05, 4.69) is 30.1 Å². The first kappa shape index (κ1) is 33.0. The Labute approximate surface area is 286 Å². The zero-order valence-corrected chi connectivity index (χ0v) is 30.7. The van der Waals surface area contributed by atoms with E-state index in [-0.39, 0.29) is 28.9 Å². The number of hydrogen-bond acceptors (Lipinski definition) is 9. The fraction of sp³-hybridized carbons (Fsp3) is 0.529. The minimum absolute atomic E-state index is 0.0942. The van der Waals surface area contributed by atoms with Crippen LogP contribution in [0, 0.1) is 11.2 Å². The van der Waals surface area contributed by atoms with Crippen molar-refractivity contribution in [1.82, 2.24) is 25.2 Å². The summed E-state index contributed by atoms with van der Waals surface area (Å²) in [4.78, 5) is 30.6. The van der Waals surface area contributed by atoms with E-state index in [1.165, 1.54) is 84.9 Å². The molecule has 7 rings (SSSR count). The molecule has 3 fully saturated rings. The SMILES string of the molecule is CC(C)NC(=O)c1cc(F)ccc1Oc1cncnc1N1CC2(CC(Oc3ccnc4c3CN([CH2][Pb])CC4)C2)C1.COC1CCC1. The third-order valence-electron chi connectivity index (χ3n) is 9.21. The van der Waals surface area contributed by atoms with Crippen LogP contribution in [0.25, 0.3) is 0 Å². The van der Waals surface area contributed by atoms with Crippen LogP contribution in [0.4, 0.5) is 10.2 Å². The van der Waals surface area contributed by atoms with E-state index in [9.17, 15) is 9.18 Å². The van der Waals surface area contributed by atoms with E-state index >= 15 is 0 Å². The Morgan fingerprint density at radius 2 is 1.93 bits per heavy atom. The van der Waals surface area contributed by atoms with Gasteiger partial charge in [-0.15, -0.1) is 0 Å². The van der Waals surface area contributed by atoms with Crippen molar-refractivity contribution < 1.29 is 23.4 Å². The number of nitrogens with zero attached hydrogens (tertiary/aromatic N) is 5. The number of fused-ring (bicyclic) bond motifs is 1. The zero-order valence-electron chi connectivity index (χ0n) is 26.8. The third kappa shape index (κ3) is 7.46. The molecule has 2 aromatic heterocycles. The van der Waals surface area contributed by atoms with Crippen LogP contribution in [0.3, 0.4) is 0 Å². The molecule has 2 saturated carbocycles. The second-order valence-corrected chi connectivity index (χ2v) is 14.3. The molecule has 1 saturated heterocycles. The summed E-state index contributed by atoms with van der Waals surface area (Å²) in [6.07, 6.45) is 12.7. The summed E-state index contributed by atoms with van der Waals surface area (Å²) >= 11 is 1.17. The van der Waals surface area contributed by atoms with Crippen molar-refractivity contribution in [2.75, 3.05) is 35.7 Å². The molecular formula is C34H42FN6O4Pb. The number of benzene rings is 1. The molecule has 3 aromatic rings. The summed E-state index contributed by atoms with van der Waals surface area (Å²) in [5, 5.41) is 2.80. The molecule has 0 atom stereocenters. The summed E-state index contributed by atoms with van der Waals surface area (Å²) in [5.74, 6) is 1.44. The number of rotatable bonds is 9. The minimum atomic E-state index is -0.506. The standard InChI is InChI=1S/C29H32FN6O3.C5H10O.Pb/c1-18(2)34-28(37)21-10-19(30)4-5-24(21)39-26-13-31-17-33-27(26)36-15-29(16-36)11-20(12-29)38-25-6-8-32-23-7-9-35(3)14-22(23)25;1-6-5-3-2-4-5;/h4-6,8,10,13,17-18,20H,3,7,9,11-12,14-16H2,1-2H3,(H,34,37);5H,2-4H2,1H3;. The Kier molecular flexibility index (Phi) is 10.4. The molecule has 0 bridgehead atoms. The average molecular weight is 825 g/mol. The molecule has 2 aliphatic carbocycles. The number of amides is 1. The van der Waals surface area contributed by atoms with Crippen molar-refractivity contribution in [3.8, 4) is 17.2 Å². The van der Waals surface area contributed by atoms with Crippen LogP contribution in [0.1, 0.15) is 67.6 Å². The molecule has 1 amide bonds. The van der Waals surface area contributed by atoms with Gasteiger partial charge in [0, 0.05) is 13.2 Å². The van der Waals surface area contributed by atoms with Gasteiger partial charge in [0.25, 0.3) is 5.91 Å². The van der Waals surface area contributed by atoms with Crippen LogP contribution < -0.4 is 19.7 Å². The van der Waals surface area contributed by atoms with Crippen LogP contribution in [0.15, 0.2) is 43.0 Å². The number of halogens is 1. The van der Waals surface area contributed by atoms with Gasteiger partial charge in [0.2, 0.25) is 0 Å². The van der Waals surface area contributed by atoms with Crippen LogP contribution in [0.2, 0.25) is 0 Å². The van der Waals surface area contributed by atoms with Crippen molar-refractivity contribution in [2.45, 2.75) is 77.2 Å². The molecule has 3 radical (unpaired) electrons. The maximum atomic E-state index is 14.0. The Morgan fingerprint density at radius 3 is 2.61 bits per heavy atom. The molecule has 243 valence electrons. The van der Waals surface area contributed by atoms with Gasteiger partial charge < -0.3 is 14.8 Å². The number of carbonyl (C=O) groups is 1. The fourth-order valence-electron chi connectivity index (χ4n) is 6.51. The minimum Gasteiger partial charge on any atom is -0.381 e. The van der Waals surface area contributed by atoms with Gasteiger partial charge in [-0.2, -0.15) is 0 Å². The molecule has 2 aliphatic heterocycles. The molecule has 4 heterocycles. The van der Waals surface area contributed by atoms with E-state index in [0.29, 0.717) is 17.7 Å². The van der Waals surface area contributed by atoms with Gasteiger partial charge in [-0.05, 0) is 51.3 Å². The Hall–Kier alpha value is -2.91. The number of methoxy groups -OCH3 is 1. The van der Waals surface area contributed by atoms with Gasteiger partial charge in [0.15, 0.2) is 5.75 Å². The van der Waals surface area contributed by atoms with Crippen molar-refractivity contribution in [3.63, 3.8) is 0 Å². The van der Waals surface area contributed by atoms with E-state index < -0.39 is 11.7 Å². The summed E-state index contributed by atoms with van der Waals surface area (Å²) in [5.41, 5.74) is 2.75. The molecule has 1 spiro atoms. The number of ether oxygens (including phenoxy) is 3. The Bertz CT molecular complexity index is 1520. The number of aromatic nitrogens is 3. The second-order valence-electron chi connectivity index (χ2n) is 13.1. The third-order valence-corrected chi connectivity index (χ3v) is 10.9. The van der Waals surface area contributed by atoms with E-state index in [1.54, 1.807) is 13.3 Å². The van der Waals surface area contributed by atoms with Crippen molar-refractivity contribution in [3.05, 3.63) is 65.6 Å². The summed E-state index contributed by atoms with van der Waals surface area (Å²) in [6, 6.07) is 5.85. The molecule has 0 unspecified atom stereocenters. The summed E-state index contributed by atoms with van der Waals surface area (Å²) in [7, 11) is 1.78. The molecule has 4 aliphatic rings. The number of anilines is 1. The van der Waals surface area contributed by atoms with Crippen LogP contribution in [-0.2, 0) is 17.7 Å². The maximum Gasteiger partial charge on any atom is 0.0571 e. The molecule has 1 aromatic carbocycles. The van der Waals surface area contributed by atoms with Gasteiger partial charge in [-0.3, -0.25) is 4.79 Å². The summed E-state index contributed by atoms with van der Waals surface area (Å²) in [6.45, 7) is 7.39. The Balaban J connectivity index is 0.000000557. The van der Waals surface area contributed by atoms with E-state index in [4.69, 9.17) is 14.2 Å². The number of nitrogens with one attached hydrogen (secondary N) is 1. The van der Waals surface area contributed by atoms with Crippen LogP contribution >= 0.6 is 0 Å². The first-order valence-electron chi connectivity index (χ1n) is 16.1. The van der Waals surface area contributed by atoms with E-state index in [1.807, 2.05) is 26.1 Å². The predicted molar refractivity (Wildman–Crippen MR) is 173 cm³/mol. The second kappa shape index (κ2) is 14.5. The topological polar surface area (TPSA) is 102 Å². The van der Waals surface area contributed by atoms with Crippen molar-refractivity contribution in [2.24, 2.45) is 5.41 Å². The van der Waals surface area contributed by atoms with Gasteiger partial charge in [0.05, 0.1) is 17.9 Å². The van der Waals surface area contributed by atoms with Gasteiger partial charge in [-0.1, -0.05) is 0 Å². The van der Waals surface area contributed by atoms with Crippen molar-refractivity contribution in [1.29, 1.82) is 0 Å². The summed E-state index contributed by atoms with van der Waals surface area (Å²) < 4.78 is 32.8. The number of carbonyl (C=O) groups excluding carboxylic acids is 1. The number of hydrogen-bond donors (Lipinski definition) is 1. The van der Waals surface area contributed by atoms with Crippen LogP contribution in [-0.4, -0.2) is 101 Å². The van der Waals surface area contributed by atoms with Crippen molar-refractivity contribution >= 4 is 37.5 Å². The normalized spacial score (nSPS) is 18.9. The monoisotopic (exact) mass is 825 g/mol. The maximum absolute atomic E-state index is 14.0. The van der Waals surface area contributed by atoms with Gasteiger partial charge in [-0.25, -0.2) is 14.4 Å². The largest absolute Gasteiger partial charge is 0.381 e. The van der Waals surface area contributed by atoms with Gasteiger partial charge >= 0.3 is 141 Å². The molecule has 10 nitrogen and oxygen atoms in total. The predicted octanol–water partition coefficient (Wildman–Crippen LogP) is 4.66. The fourth-order valence-corrected chi connectivity index (χ4v) is 7.56. The molecule has 1 N–H and O–H groups in total. The quantitative estimate of drug-likeness (QED) is 0.309. The van der Waals surface area contributed by atoms with E-state index in [0.717, 1.165) is 51.2 Å². The number of pyridine rings is 1. The first-order valence-corrected chi connectivity index (χ1v) is 18.9. The average Bonchev–Trinajstić information content (AvgIpc) is 2.98. The van der Waals surface area contributed by atoms with Gasteiger partial charge in [0.1, 0.15) is 17.9 Å². The van der Waals surface area contributed by atoms with Crippen LogP contribution in [0.5, 0.6) is 17.2 Å². The first-order chi connectivity index (χ1) is 22.3. The Morgan fingerprint density at radius 1 is 1.13 bits per heavy atom. The molecule has 12 heteroatoms. The zero-order chi connectivity index (χ0) is 32.3.